The van der Waals surface area contributed by atoms with Crippen LogP contribution in [0.25, 0.3) is 22.4 Å². The normalized spacial score (nSPS) is 11.8. The van der Waals surface area contributed by atoms with Crippen molar-refractivity contribution in [1.82, 2.24) is 9.29 Å². The summed E-state index contributed by atoms with van der Waals surface area (Å²) in [6, 6.07) is 13.3. The highest BCUT2D eigenvalue weighted by Crippen LogP contribution is 2.32. The Hall–Kier alpha value is -3.21. The number of thiazole rings is 1. The predicted molar refractivity (Wildman–Crippen MR) is 128 cm³/mol. The van der Waals surface area contributed by atoms with Gasteiger partial charge in [-0.05, 0) is 42.5 Å². The van der Waals surface area contributed by atoms with Crippen LogP contribution < -0.4 is 10.1 Å². The molecule has 0 saturated carbocycles. The van der Waals surface area contributed by atoms with Crippen molar-refractivity contribution in [2.75, 3.05) is 25.5 Å². The zero-order valence-electron chi connectivity index (χ0n) is 18.4. The van der Waals surface area contributed by atoms with Crippen molar-refractivity contribution in [2.45, 2.75) is 18.7 Å². The van der Waals surface area contributed by atoms with E-state index in [1.807, 2.05) is 18.2 Å². The molecule has 2 heterocycles. The molecule has 0 aliphatic rings. The first-order valence-corrected chi connectivity index (χ1v) is 12.6. The molecule has 0 aliphatic heterocycles. The number of fused-ring (bicyclic) bond motifs is 1. The van der Waals surface area contributed by atoms with Gasteiger partial charge in [0.15, 0.2) is 10.9 Å². The maximum Gasteiger partial charge on any atom is 0.257 e. The third-order valence-corrected chi connectivity index (χ3v) is 7.99. The van der Waals surface area contributed by atoms with Crippen LogP contribution in [0, 0.1) is 0 Å². The number of aromatic nitrogens is 1. The summed E-state index contributed by atoms with van der Waals surface area (Å²) in [5, 5.41) is 5.88. The molecule has 2 aromatic heterocycles. The molecule has 172 valence electrons. The van der Waals surface area contributed by atoms with E-state index in [0.717, 1.165) is 5.39 Å². The number of hydrogen-bond donors (Lipinski definition) is 1. The fourth-order valence-electron chi connectivity index (χ4n) is 3.37. The number of methoxy groups -OCH3 is 1. The molecule has 0 aliphatic carbocycles. The number of anilines is 1. The lowest BCUT2D eigenvalue weighted by atomic mass is 10.2. The van der Waals surface area contributed by atoms with Crippen molar-refractivity contribution in [3.63, 3.8) is 0 Å². The number of nitrogens with one attached hydrogen (secondary N) is 1. The van der Waals surface area contributed by atoms with E-state index in [1.54, 1.807) is 32.4 Å². The quantitative estimate of drug-likeness (QED) is 0.383. The first-order chi connectivity index (χ1) is 15.8. The van der Waals surface area contributed by atoms with Gasteiger partial charge in [-0.25, -0.2) is 13.4 Å². The van der Waals surface area contributed by atoms with Crippen LogP contribution in [-0.4, -0.2) is 43.8 Å². The monoisotopic (exact) mass is 485 g/mol. The van der Waals surface area contributed by atoms with Crippen LogP contribution in [0.2, 0.25) is 0 Å². The van der Waals surface area contributed by atoms with Crippen LogP contribution >= 0.6 is 11.3 Å². The number of amides is 1. The third-order valence-electron chi connectivity index (χ3n) is 5.16. The van der Waals surface area contributed by atoms with Gasteiger partial charge in [-0.2, -0.15) is 4.31 Å². The van der Waals surface area contributed by atoms with Crippen molar-refractivity contribution in [1.29, 1.82) is 0 Å². The van der Waals surface area contributed by atoms with Gasteiger partial charge < -0.3 is 9.15 Å². The van der Waals surface area contributed by atoms with Gasteiger partial charge in [0.1, 0.15) is 17.0 Å². The Morgan fingerprint density at radius 3 is 2.52 bits per heavy atom. The Morgan fingerprint density at radius 1 is 1.12 bits per heavy atom. The number of furan rings is 1. The molecule has 0 radical (unpaired) electrons. The summed E-state index contributed by atoms with van der Waals surface area (Å²) in [7, 11) is -1.98. The van der Waals surface area contributed by atoms with Crippen LogP contribution in [0.1, 0.15) is 24.2 Å². The Labute approximate surface area is 195 Å². The van der Waals surface area contributed by atoms with Gasteiger partial charge in [-0.3, -0.25) is 10.1 Å². The van der Waals surface area contributed by atoms with Gasteiger partial charge in [0.2, 0.25) is 10.0 Å². The van der Waals surface area contributed by atoms with Crippen LogP contribution in [0.3, 0.4) is 0 Å². The highest BCUT2D eigenvalue weighted by atomic mass is 32.2. The van der Waals surface area contributed by atoms with Crippen LogP contribution in [0.15, 0.2) is 63.2 Å². The van der Waals surface area contributed by atoms with Crippen LogP contribution in [-0.2, 0) is 10.0 Å². The number of carbonyl (C=O) groups excluding carboxylic acids is 1. The molecule has 0 spiro atoms. The van der Waals surface area contributed by atoms with E-state index in [2.05, 4.69) is 10.3 Å². The van der Waals surface area contributed by atoms with Crippen molar-refractivity contribution in [3.05, 3.63) is 59.5 Å². The lowest BCUT2D eigenvalue weighted by Crippen LogP contribution is -2.30. The minimum atomic E-state index is -3.57. The fourth-order valence-corrected chi connectivity index (χ4v) is 5.52. The third kappa shape index (κ3) is 4.63. The van der Waals surface area contributed by atoms with E-state index in [0.29, 0.717) is 46.6 Å². The number of hydrogen-bond acceptors (Lipinski definition) is 7. The average Bonchev–Trinajstić information content (AvgIpc) is 3.46. The Balaban J connectivity index is 1.49. The summed E-state index contributed by atoms with van der Waals surface area (Å²) in [4.78, 5) is 17.2. The SMILES string of the molecule is CCN(CC)S(=O)(=O)c1ccc(C(=O)Nc2nc(-c3cc4ccc(OC)cc4o3)cs2)cc1. The summed E-state index contributed by atoms with van der Waals surface area (Å²) in [6.07, 6.45) is 0. The molecule has 1 N–H and O–H groups in total. The van der Waals surface area contributed by atoms with E-state index < -0.39 is 10.0 Å². The van der Waals surface area contributed by atoms with E-state index in [9.17, 15) is 13.2 Å². The largest absolute Gasteiger partial charge is 0.497 e. The molecule has 4 aromatic rings. The van der Waals surface area contributed by atoms with Crippen molar-refractivity contribution < 1.29 is 22.4 Å². The summed E-state index contributed by atoms with van der Waals surface area (Å²) < 4.78 is 37.7. The summed E-state index contributed by atoms with van der Waals surface area (Å²) in [5.74, 6) is 0.906. The maximum atomic E-state index is 12.6. The standard InChI is InChI=1S/C23H23N3O5S2/c1-4-26(5-2)33(28,29)18-10-7-15(8-11-18)22(27)25-23-24-19(14-32-23)21-12-16-6-9-17(30-3)13-20(16)31-21/h6-14H,4-5H2,1-3H3,(H,24,25,27). The summed E-state index contributed by atoms with van der Waals surface area (Å²) >= 11 is 1.27. The van der Waals surface area contributed by atoms with E-state index in [1.165, 1.54) is 39.9 Å². The zero-order valence-corrected chi connectivity index (χ0v) is 20.0. The minimum absolute atomic E-state index is 0.154. The average molecular weight is 486 g/mol. The molecule has 0 atom stereocenters. The molecule has 10 heteroatoms. The lowest BCUT2D eigenvalue weighted by Gasteiger charge is -2.18. The second-order valence-corrected chi connectivity index (χ2v) is 9.92. The van der Waals surface area contributed by atoms with Gasteiger partial charge in [0.25, 0.3) is 5.91 Å². The van der Waals surface area contributed by atoms with Crippen LogP contribution in [0.4, 0.5) is 5.13 Å². The maximum absolute atomic E-state index is 12.6. The van der Waals surface area contributed by atoms with Crippen molar-refractivity contribution in [2.24, 2.45) is 0 Å². The van der Waals surface area contributed by atoms with Crippen molar-refractivity contribution >= 4 is 43.4 Å². The van der Waals surface area contributed by atoms with Gasteiger partial charge in [0, 0.05) is 35.5 Å². The smallest absolute Gasteiger partial charge is 0.257 e. The molecule has 0 fully saturated rings. The second kappa shape index (κ2) is 9.34. The van der Waals surface area contributed by atoms with Gasteiger partial charge in [0.05, 0.1) is 12.0 Å². The molecule has 2 aromatic carbocycles. The Bertz CT molecular complexity index is 1390. The van der Waals surface area contributed by atoms with E-state index in [4.69, 9.17) is 9.15 Å². The van der Waals surface area contributed by atoms with Crippen molar-refractivity contribution in [3.8, 4) is 17.2 Å². The minimum Gasteiger partial charge on any atom is -0.497 e. The fraction of sp³-hybridized carbons (Fsp3) is 0.217. The molecule has 4 rings (SSSR count). The number of benzene rings is 2. The number of rotatable bonds is 8. The first-order valence-electron chi connectivity index (χ1n) is 10.3. The highest BCUT2D eigenvalue weighted by Gasteiger charge is 2.22. The number of carbonyl (C=O) groups is 1. The van der Waals surface area contributed by atoms with Gasteiger partial charge >= 0.3 is 0 Å². The first kappa shape index (κ1) is 23.0. The zero-order chi connectivity index (χ0) is 23.6. The van der Waals surface area contributed by atoms with Crippen LogP contribution in [0.5, 0.6) is 5.75 Å². The number of sulfonamides is 1. The molecule has 0 saturated heterocycles. The molecule has 1 amide bonds. The lowest BCUT2D eigenvalue weighted by molar-refractivity contribution is 0.102. The van der Waals surface area contributed by atoms with Gasteiger partial charge in [-0.1, -0.05) is 13.8 Å². The molecule has 33 heavy (non-hydrogen) atoms. The molecule has 0 unspecified atom stereocenters. The topological polar surface area (TPSA) is 102 Å². The number of ether oxygens (including phenoxy) is 1. The molecular weight excluding hydrogens is 462 g/mol. The molecule has 0 bridgehead atoms. The molecule has 8 nitrogen and oxygen atoms in total. The Morgan fingerprint density at radius 2 is 1.85 bits per heavy atom. The summed E-state index contributed by atoms with van der Waals surface area (Å²) in [6.45, 7) is 4.33. The van der Waals surface area contributed by atoms with Gasteiger partial charge in [-0.15, -0.1) is 11.3 Å². The van der Waals surface area contributed by atoms with E-state index in [-0.39, 0.29) is 10.8 Å². The predicted octanol–water partition coefficient (Wildman–Crippen LogP) is 4.85. The highest BCUT2D eigenvalue weighted by molar-refractivity contribution is 7.89. The number of nitrogens with zero attached hydrogens (tertiary/aromatic N) is 2. The molecular formula is C23H23N3O5S2. The van der Waals surface area contributed by atoms with E-state index >= 15 is 0 Å². The summed E-state index contributed by atoms with van der Waals surface area (Å²) in [5.41, 5.74) is 1.62. The second-order valence-electron chi connectivity index (χ2n) is 7.12. The Kier molecular flexibility index (Phi) is 6.50.